The molecule has 0 saturated carbocycles. The SMILES string of the molecule is O=C(OS1=CNCC1)C(O)(S1=CNCC1)C(S1=CNCC1)(S1=CNCC1)S1=CNCC1. The third-order valence-corrected chi connectivity index (χ3v) is 19.9. The van der Waals surface area contributed by atoms with Crippen LogP contribution in [0, 0.1) is 0 Å². The second-order valence-corrected chi connectivity index (χ2v) is 18.3. The predicted molar refractivity (Wildman–Crippen MR) is 146 cm³/mol. The van der Waals surface area contributed by atoms with Crippen LogP contribution in [-0.4, -0.2) is 108 Å². The molecule has 0 aromatic heterocycles. The van der Waals surface area contributed by atoms with Crippen LogP contribution in [0.25, 0.3) is 0 Å². The largest absolute Gasteiger partial charge is 0.396 e. The maximum Gasteiger partial charge on any atom is 0.363 e. The van der Waals surface area contributed by atoms with Crippen molar-refractivity contribution in [2.24, 2.45) is 0 Å². The Bertz CT molecular complexity index is 874. The number of hydrogen-bond acceptors (Lipinski definition) is 8. The van der Waals surface area contributed by atoms with E-state index in [2.05, 4.69) is 43.1 Å². The molecule has 5 rings (SSSR count). The molecular formula is C18H31N5O3S5. The molecule has 0 aliphatic carbocycles. The first-order valence-corrected chi connectivity index (χ1v) is 17.7. The first-order chi connectivity index (χ1) is 15.2. The lowest BCUT2D eigenvalue weighted by molar-refractivity contribution is -0.144. The number of nitrogens with one attached hydrogen (secondary N) is 5. The zero-order valence-electron chi connectivity index (χ0n) is 17.3. The van der Waals surface area contributed by atoms with E-state index < -0.39 is 35.6 Å². The lowest BCUT2D eigenvalue weighted by Crippen LogP contribution is -2.56. The molecule has 176 valence electrons. The van der Waals surface area contributed by atoms with Gasteiger partial charge in [0.25, 0.3) is 0 Å². The van der Waals surface area contributed by atoms with Crippen LogP contribution >= 0.6 is 52.7 Å². The molecular weight excluding hydrogens is 495 g/mol. The summed E-state index contributed by atoms with van der Waals surface area (Å²) in [6.07, 6.45) is 0. The molecule has 6 atom stereocenters. The Hall–Kier alpha value is 0.330. The number of aliphatic hydroxyl groups is 1. The van der Waals surface area contributed by atoms with Crippen molar-refractivity contribution in [2.75, 3.05) is 61.5 Å². The summed E-state index contributed by atoms with van der Waals surface area (Å²) in [5.74, 6) is 3.98. The topological polar surface area (TPSA) is 107 Å². The molecule has 0 spiro atoms. The third-order valence-electron chi connectivity index (χ3n) is 5.72. The Labute approximate surface area is 195 Å². The highest BCUT2D eigenvalue weighted by atomic mass is 32.3. The number of rotatable bonds is 7. The lowest BCUT2D eigenvalue weighted by Gasteiger charge is -2.50. The van der Waals surface area contributed by atoms with Crippen molar-refractivity contribution in [2.45, 2.75) is 8.34 Å². The number of hydrogen-bond donors (Lipinski definition) is 6. The lowest BCUT2D eigenvalue weighted by atomic mass is 10.4. The predicted octanol–water partition coefficient (Wildman–Crippen LogP) is -1.05. The highest BCUT2D eigenvalue weighted by molar-refractivity contribution is 8.48. The monoisotopic (exact) mass is 525 g/mol. The molecule has 13 heteroatoms. The summed E-state index contributed by atoms with van der Waals surface area (Å²) >= 11 is 0. The van der Waals surface area contributed by atoms with Gasteiger partial charge < -0.3 is 9.29 Å². The van der Waals surface area contributed by atoms with Gasteiger partial charge in [-0.2, -0.15) is 0 Å². The Morgan fingerprint density at radius 1 is 0.677 bits per heavy atom. The van der Waals surface area contributed by atoms with Gasteiger partial charge in [-0.3, -0.25) is 26.6 Å². The minimum Gasteiger partial charge on any atom is -0.396 e. The molecule has 0 bridgehead atoms. The van der Waals surface area contributed by atoms with Crippen LogP contribution in [0.1, 0.15) is 0 Å². The van der Waals surface area contributed by atoms with Gasteiger partial charge in [0, 0.05) is 99.7 Å². The Balaban J connectivity index is 1.72. The van der Waals surface area contributed by atoms with Crippen LogP contribution in [-0.2, 0) is 8.98 Å². The zero-order chi connectivity index (χ0) is 21.3. The zero-order valence-corrected chi connectivity index (χ0v) is 21.3. The second kappa shape index (κ2) is 9.90. The Morgan fingerprint density at radius 3 is 1.48 bits per heavy atom. The summed E-state index contributed by atoms with van der Waals surface area (Å²) in [5.41, 5.74) is 10.4. The van der Waals surface area contributed by atoms with Crippen molar-refractivity contribution < 1.29 is 14.1 Å². The second-order valence-electron chi connectivity index (χ2n) is 7.55. The van der Waals surface area contributed by atoms with Crippen molar-refractivity contribution in [3.63, 3.8) is 0 Å². The molecule has 0 fully saturated rings. The summed E-state index contributed by atoms with van der Waals surface area (Å²) in [6.45, 7) is 4.27. The minimum absolute atomic E-state index is 0.261. The van der Waals surface area contributed by atoms with Crippen LogP contribution < -0.4 is 26.6 Å². The maximum atomic E-state index is 14.1. The highest BCUT2D eigenvalue weighted by Gasteiger charge is 2.64. The summed E-state index contributed by atoms with van der Waals surface area (Å²) < 4.78 is 5.47. The standard InChI is InChI=1S/C18H31N5O3S5/c24-16(26-31-10-5-23-15-31)17(25,27-6-1-19-11-27)18(28-7-2-20-12-28,29-8-3-21-13-29)30-9-4-22-14-30/h11-15,19-23,25H,1-10H2. The van der Waals surface area contributed by atoms with Crippen molar-refractivity contribution in [3.05, 3.63) is 0 Å². The van der Waals surface area contributed by atoms with E-state index in [4.69, 9.17) is 4.18 Å². The normalized spacial score (nSPS) is 38.8. The van der Waals surface area contributed by atoms with E-state index in [1.807, 2.05) is 11.0 Å². The summed E-state index contributed by atoms with van der Waals surface area (Å²) in [4.78, 5) is 12.5. The van der Waals surface area contributed by atoms with Gasteiger partial charge in [0.1, 0.15) is 3.41 Å². The van der Waals surface area contributed by atoms with Crippen molar-refractivity contribution in [1.29, 1.82) is 0 Å². The van der Waals surface area contributed by atoms with Crippen LogP contribution in [0.5, 0.6) is 0 Å². The highest BCUT2D eigenvalue weighted by Crippen LogP contribution is 2.68. The molecule has 5 aliphatic heterocycles. The van der Waals surface area contributed by atoms with E-state index in [9.17, 15) is 9.90 Å². The van der Waals surface area contributed by atoms with Gasteiger partial charge in [-0.05, 0) is 0 Å². The fraction of sp³-hybridized carbons (Fsp3) is 0.667. The summed E-state index contributed by atoms with van der Waals surface area (Å²) in [5, 5.41) is 29.6. The molecule has 31 heavy (non-hydrogen) atoms. The van der Waals surface area contributed by atoms with Crippen LogP contribution in [0.3, 0.4) is 0 Å². The van der Waals surface area contributed by atoms with Crippen LogP contribution in [0.2, 0.25) is 0 Å². The third kappa shape index (κ3) is 3.97. The summed E-state index contributed by atoms with van der Waals surface area (Å²) in [7, 11) is -2.00. The number of carbonyl (C=O) groups is 1. The Morgan fingerprint density at radius 2 is 1.10 bits per heavy atom. The molecule has 0 radical (unpaired) electrons. The van der Waals surface area contributed by atoms with Crippen molar-refractivity contribution in [1.82, 2.24) is 26.6 Å². The van der Waals surface area contributed by atoms with Crippen LogP contribution in [0.4, 0.5) is 0 Å². The molecule has 6 unspecified atom stereocenters. The molecule has 0 saturated heterocycles. The quantitative estimate of drug-likeness (QED) is 0.234. The van der Waals surface area contributed by atoms with Gasteiger partial charge in [0.2, 0.25) is 4.93 Å². The van der Waals surface area contributed by atoms with Gasteiger partial charge in [-0.25, -0.2) is 4.79 Å². The molecule has 0 aromatic carbocycles. The first-order valence-electron chi connectivity index (χ1n) is 10.4. The van der Waals surface area contributed by atoms with Crippen LogP contribution in [0.15, 0.2) is 0 Å². The van der Waals surface area contributed by atoms with Crippen molar-refractivity contribution in [3.8, 4) is 0 Å². The molecule has 5 heterocycles. The average molecular weight is 526 g/mol. The minimum atomic E-state index is -1.57. The number of carbonyl (C=O) groups excluding carboxylic acids is 1. The van der Waals surface area contributed by atoms with E-state index in [0.717, 1.165) is 61.5 Å². The van der Waals surface area contributed by atoms with Gasteiger partial charge in [0.05, 0.1) is 0 Å². The van der Waals surface area contributed by atoms with E-state index in [0.29, 0.717) is 0 Å². The first kappa shape index (κ1) is 23.1. The molecule has 5 aliphatic rings. The van der Waals surface area contributed by atoms with E-state index in [-0.39, 0.29) is 31.5 Å². The fourth-order valence-electron chi connectivity index (χ4n) is 4.35. The van der Waals surface area contributed by atoms with Gasteiger partial charge in [-0.15, -0.1) is 41.9 Å². The molecule has 6 N–H and O–H groups in total. The Kier molecular flexibility index (Phi) is 7.38. The molecule has 0 aromatic rings. The fourth-order valence-corrected chi connectivity index (χ4v) is 19.9. The summed E-state index contributed by atoms with van der Waals surface area (Å²) in [6, 6.07) is 0. The van der Waals surface area contributed by atoms with E-state index in [1.165, 1.54) is 0 Å². The molecule has 8 nitrogen and oxygen atoms in total. The smallest absolute Gasteiger partial charge is 0.363 e. The van der Waals surface area contributed by atoms with Crippen molar-refractivity contribution >= 4 is 86.1 Å². The van der Waals surface area contributed by atoms with Gasteiger partial charge in [0.15, 0.2) is 0 Å². The average Bonchev–Trinajstić information content (AvgIpc) is 3.60. The van der Waals surface area contributed by atoms with Gasteiger partial charge in [-0.1, -0.05) is 0 Å². The maximum absolute atomic E-state index is 14.1. The molecule has 0 amide bonds. The van der Waals surface area contributed by atoms with E-state index >= 15 is 0 Å². The van der Waals surface area contributed by atoms with Gasteiger partial charge >= 0.3 is 5.97 Å². The van der Waals surface area contributed by atoms with E-state index in [1.54, 1.807) is 0 Å².